The van der Waals surface area contributed by atoms with Gasteiger partial charge in [-0.3, -0.25) is 5.04 Å². The van der Waals surface area contributed by atoms with Gasteiger partial charge in [0.25, 0.3) is 0 Å². The van der Waals surface area contributed by atoms with Crippen molar-refractivity contribution in [3.8, 4) is 0 Å². The Morgan fingerprint density at radius 2 is 1.45 bits per heavy atom. The van der Waals surface area contributed by atoms with E-state index in [1.807, 2.05) is 13.8 Å². The SMILES string of the molecule is CCCCCCC(CCCC)CS(=O)(=O)c1c(F)c(F)c(SOO[O-])c(F)c1F. The average molecular weight is 462 g/mol. The van der Waals surface area contributed by atoms with Crippen molar-refractivity contribution < 1.29 is 40.6 Å². The third kappa shape index (κ3) is 7.39. The van der Waals surface area contributed by atoms with Gasteiger partial charge in [-0.1, -0.05) is 52.4 Å². The maximum absolute atomic E-state index is 14.3. The molecule has 1 rings (SSSR count). The maximum Gasteiger partial charge on any atom is 0.184 e. The lowest BCUT2D eigenvalue weighted by atomic mass is 9.97. The second-order valence-corrected chi connectivity index (χ2v) is 9.45. The van der Waals surface area contributed by atoms with Crippen LogP contribution >= 0.6 is 12.0 Å². The molecule has 0 spiro atoms. The summed E-state index contributed by atoms with van der Waals surface area (Å²) < 4.78 is 85.8. The minimum atomic E-state index is -4.65. The van der Waals surface area contributed by atoms with Crippen LogP contribution in [0.3, 0.4) is 0 Å². The summed E-state index contributed by atoms with van der Waals surface area (Å²) in [5, 5.41) is 12.7. The second-order valence-electron chi connectivity index (χ2n) is 6.77. The fourth-order valence-corrected chi connectivity index (χ4v) is 5.31. The lowest BCUT2D eigenvalue weighted by Crippen LogP contribution is -2.21. The molecule has 0 aromatic heterocycles. The molecule has 0 amide bonds. The molecule has 1 unspecified atom stereocenters. The molecule has 0 fully saturated rings. The zero-order valence-corrected chi connectivity index (χ0v) is 17.9. The topological polar surface area (TPSA) is 75.7 Å². The molecule has 1 aromatic carbocycles. The van der Waals surface area contributed by atoms with Crippen molar-refractivity contribution in [2.45, 2.75) is 75.0 Å². The molecule has 0 aliphatic heterocycles. The fraction of sp³-hybridized carbons (Fsp3) is 0.667. The number of hydrogen-bond acceptors (Lipinski definition) is 6. The molecule has 5 nitrogen and oxygen atoms in total. The van der Waals surface area contributed by atoms with E-state index in [0.717, 1.165) is 38.5 Å². The lowest BCUT2D eigenvalue weighted by Gasteiger charge is -2.18. The van der Waals surface area contributed by atoms with Crippen LogP contribution in [0, 0.1) is 29.2 Å². The van der Waals surface area contributed by atoms with Crippen molar-refractivity contribution >= 4 is 21.9 Å². The van der Waals surface area contributed by atoms with Crippen LogP contribution in [-0.4, -0.2) is 14.2 Å². The van der Waals surface area contributed by atoms with E-state index >= 15 is 0 Å². The number of sulfone groups is 1. The highest BCUT2D eigenvalue weighted by Gasteiger charge is 2.35. The van der Waals surface area contributed by atoms with E-state index in [2.05, 4.69) is 9.37 Å². The first-order chi connectivity index (χ1) is 13.7. The minimum Gasteiger partial charge on any atom is -0.691 e. The number of hydrogen-bond donors (Lipinski definition) is 0. The van der Waals surface area contributed by atoms with Crippen molar-refractivity contribution in [3.05, 3.63) is 23.3 Å². The quantitative estimate of drug-likeness (QED) is 0.0967. The van der Waals surface area contributed by atoms with Crippen LogP contribution in [0.1, 0.15) is 65.2 Å². The van der Waals surface area contributed by atoms with E-state index < -0.39 is 60.7 Å². The number of unbranched alkanes of at least 4 members (excludes halogenated alkanes) is 4. The highest BCUT2D eigenvalue weighted by Crippen LogP contribution is 2.35. The molecule has 0 heterocycles. The first kappa shape index (κ1) is 26.2. The van der Waals surface area contributed by atoms with E-state index in [-0.39, 0.29) is 5.92 Å². The second kappa shape index (κ2) is 12.7. The lowest BCUT2D eigenvalue weighted by molar-refractivity contribution is -0.777. The van der Waals surface area contributed by atoms with Crippen LogP contribution in [0.25, 0.3) is 0 Å². The van der Waals surface area contributed by atoms with Crippen molar-refractivity contribution in [1.82, 2.24) is 0 Å². The summed E-state index contributed by atoms with van der Waals surface area (Å²) >= 11 is -0.398. The van der Waals surface area contributed by atoms with Crippen LogP contribution in [-0.2, 0) is 19.2 Å². The molecule has 0 radical (unpaired) electrons. The molecule has 29 heavy (non-hydrogen) atoms. The molecule has 0 bridgehead atoms. The minimum absolute atomic E-state index is 0.382. The van der Waals surface area contributed by atoms with Crippen LogP contribution in [0.2, 0.25) is 0 Å². The summed E-state index contributed by atoms with van der Waals surface area (Å²) in [7, 11) is -4.65. The van der Waals surface area contributed by atoms with E-state index in [1.165, 1.54) is 0 Å². The van der Waals surface area contributed by atoms with Gasteiger partial charge in [-0.05, 0) is 18.8 Å². The van der Waals surface area contributed by atoms with E-state index in [9.17, 15) is 31.2 Å². The number of rotatable bonds is 14. The number of benzene rings is 1. The zero-order chi connectivity index (χ0) is 22.0. The van der Waals surface area contributed by atoms with Gasteiger partial charge in [0.1, 0.15) is 9.79 Å². The predicted octanol–water partition coefficient (Wildman–Crippen LogP) is 5.02. The molecule has 11 heteroatoms. The molecule has 0 saturated carbocycles. The Kier molecular flexibility index (Phi) is 11.5. The normalized spacial score (nSPS) is 13.1. The van der Waals surface area contributed by atoms with Gasteiger partial charge in [0.05, 0.1) is 17.8 Å². The molecule has 1 aromatic rings. The van der Waals surface area contributed by atoms with Crippen molar-refractivity contribution in [2.75, 3.05) is 5.75 Å². The zero-order valence-electron chi connectivity index (χ0n) is 16.3. The average Bonchev–Trinajstić information content (AvgIpc) is 2.67. The van der Waals surface area contributed by atoms with Crippen molar-refractivity contribution in [1.29, 1.82) is 0 Å². The first-order valence-corrected chi connectivity index (χ1v) is 11.8. The molecule has 0 N–H and O–H groups in total. The van der Waals surface area contributed by atoms with Gasteiger partial charge >= 0.3 is 0 Å². The van der Waals surface area contributed by atoms with Crippen LogP contribution in [0.5, 0.6) is 0 Å². The van der Waals surface area contributed by atoms with Crippen molar-refractivity contribution in [2.24, 2.45) is 5.92 Å². The Bertz CT molecular complexity index is 730. The van der Waals surface area contributed by atoms with Crippen LogP contribution in [0.4, 0.5) is 17.6 Å². The van der Waals surface area contributed by atoms with Gasteiger partial charge in [-0.25, -0.2) is 26.0 Å². The summed E-state index contributed by atoms with van der Waals surface area (Å²) in [6.45, 7) is 3.96. The number of halogens is 4. The summed E-state index contributed by atoms with van der Waals surface area (Å²) in [6.07, 6.45) is 6.25. The van der Waals surface area contributed by atoms with Gasteiger partial charge in [-0.2, -0.15) is 4.33 Å². The maximum atomic E-state index is 14.3. The Morgan fingerprint density at radius 1 is 0.897 bits per heavy atom. The summed E-state index contributed by atoms with van der Waals surface area (Å²) in [5.41, 5.74) is 0. The van der Waals surface area contributed by atoms with Gasteiger partial charge in [0.15, 0.2) is 33.1 Å². The standard InChI is InChI=1S/C18H26F4O5S2/c1-3-5-7-8-10-12(9-6-4-2)11-29(24,25)18-15(21)13(19)17(28-27-26-23)14(20)16(18)22/h12,23H,3-11H2,1-2H3/p-1. The van der Waals surface area contributed by atoms with E-state index in [4.69, 9.17) is 0 Å². The van der Waals surface area contributed by atoms with Gasteiger partial charge in [0.2, 0.25) is 0 Å². The molecule has 0 aliphatic rings. The molecule has 1 atom stereocenters. The highest BCUT2D eigenvalue weighted by atomic mass is 32.2. The molecule has 0 aliphatic carbocycles. The van der Waals surface area contributed by atoms with Crippen LogP contribution < -0.4 is 5.26 Å². The Morgan fingerprint density at radius 3 is 1.97 bits per heavy atom. The summed E-state index contributed by atoms with van der Waals surface area (Å²) in [4.78, 5) is -2.99. The first-order valence-electron chi connectivity index (χ1n) is 9.43. The largest absolute Gasteiger partial charge is 0.691 e. The van der Waals surface area contributed by atoms with E-state index in [1.54, 1.807) is 0 Å². The summed E-state index contributed by atoms with van der Waals surface area (Å²) in [6, 6.07) is 0. The predicted molar refractivity (Wildman–Crippen MR) is 98.1 cm³/mol. The van der Waals surface area contributed by atoms with Gasteiger partial charge in [-0.15, -0.1) is 0 Å². The monoisotopic (exact) mass is 461 g/mol. The van der Waals surface area contributed by atoms with Crippen molar-refractivity contribution in [3.63, 3.8) is 0 Å². The van der Waals surface area contributed by atoms with Gasteiger partial charge in [0, 0.05) is 0 Å². The summed E-state index contributed by atoms with van der Waals surface area (Å²) in [5.74, 6) is -9.05. The van der Waals surface area contributed by atoms with Crippen LogP contribution in [0.15, 0.2) is 9.79 Å². The highest BCUT2D eigenvalue weighted by molar-refractivity contribution is 7.94. The third-order valence-corrected chi connectivity index (χ3v) is 7.07. The Labute approximate surface area is 172 Å². The molecule has 168 valence electrons. The Hall–Kier alpha value is -0.880. The third-order valence-electron chi connectivity index (χ3n) is 4.53. The van der Waals surface area contributed by atoms with Gasteiger partial charge < -0.3 is 5.26 Å². The van der Waals surface area contributed by atoms with E-state index in [0.29, 0.717) is 12.8 Å². The smallest absolute Gasteiger partial charge is 0.184 e. The fourth-order valence-electron chi connectivity index (χ4n) is 3.04. The molecular weight excluding hydrogens is 436 g/mol. The molecular formula is C18H25F4O5S2-. The molecule has 0 saturated heterocycles. The Balaban J connectivity index is 3.18.